The maximum absolute atomic E-state index is 11.7. The lowest BCUT2D eigenvalue weighted by Gasteiger charge is -2.29. The van der Waals surface area contributed by atoms with E-state index in [2.05, 4.69) is 51.2 Å². The van der Waals surface area contributed by atoms with E-state index >= 15 is 0 Å². The van der Waals surface area contributed by atoms with Crippen molar-refractivity contribution in [1.82, 2.24) is 14.9 Å². The fourth-order valence-corrected chi connectivity index (χ4v) is 4.34. The van der Waals surface area contributed by atoms with E-state index in [1.165, 1.54) is 6.92 Å². The Morgan fingerprint density at radius 1 is 1.23 bits per heavy atom. The number of aromatic nitrogens is 2. The van der Waals surface area contributed by atoms with Crippen LogP contribution in [0.2, 0.25) is 0 Å². The molecule has 0 bridgehead atoms. The monoisotopic (exact) mass is 435 g/mol. The second-order valence-electron chi connectivity index (χ2n) is 7.52. The molecule has 0 spiro atoms. The molecule has 1 aliphatic heterocycles. The van der Waals surface area contributed by atoms with E-state index in [9.17, 15) is 4.79 Å². The molecule has 4 rings (SSSR count). The van der Waals surface area contributed by atoms with Crippen LogP contribution in [0.5, 0.6) is 5.75 Å². The maximum atomic E-state index is 11.7. The van der Waals surface area contributed by atoms with Gasteiger partial charge >= 0.3 is 0 Å². The highest BCUT2D eigenvalue weighted by atomic mass is 32.1. The van der Waals surface area contributed by atoms with Gasteiger partial charge in [-0.2, -0.15) is 0 Å². The van der Waals surface area contributed by atoms with Gasteiger partial charge in [0.1, 0.15) is 11.8 Å². The number of thiocarbonyl (C=S) groups is 1. The van der Waals surface area contributed by atoms with Crippen LogP contribution < -0.4 is 20.3 Å². The van der Waals surface area contributed by atoms with Gasteiger partial charge in [0.2, 0.25) is 5.91 Å². The van der Waals surface area contributed by atoms with Crippen LogP contribution in [0.1, 0.15) is 36.1 Å². The molecule has 0 aliphatic carbocycles. The van der Waals surface area contributed by atoms with Gasteiger partial charge in [-0.25, -0.2) is 0 Å². The molecule has 8 heteroatoms. The standard InChI is InChI=1S/C23H25N5O2S/c1-14-8-10-19(27(14)3)22-21(17-7-5-6-12-24-17)26-23(31)28(22)16-9-11-20(30-4)18(13-16)25-15(2)29/h5-13,21-22H,1-4H3,(H,25,29)(H,26,31)/t21-,22-/m1/s1. The molecule has 0 unspecified atom stereocenters. The smallest absolute Gasteiger partial charge is 0.221 e. The number of aryl methyl sites for hydroxylation is 1. The van der Waals surface area contributed by atoms with E-state index in [0.717, 1.165) is 22.8 Å². The lowest BCUT2D eigenvalue weighted by Crippen LogP contribution is -2.30. The molecule has 31 heavy (non-hydrogen) atoms. The van der Waals surface area contributed by atoms with Gasteiger partial charge in [0.25, 0.3) is 0 Å². The summed E-state index contributed by atoms with van der Waals surface area (Å²) in [7, 11) is 3.63. The predicted molar refractivity (Wildman–Crippen MR) is 125 cm³/mol. The molecular weight excluding hydrogens is 410 g/mol. The minimum absolute atomic E-state index is 0.125. The molecule has 7 nitrogen and oxygen atoms in total. The normalized spacial score (nSPS) is 18.1. The maximum Gasteiger partial charge on any atom is 0.221 e. The first-order valence-electron chi connectivity index (χ1n) is 9.99. The fraction of sp³-hybridized carbons (Fsp3) is 0.261. The van der Waals surface area contributed by atoms with Crippen molar-refractivity contribution < 1.29 is 9.53 Å². The minimum Gasteiger partial charge on any atom is -0.495 e. The zero-order valence-corrected chi connectivity index (χ0v) is 18.7. The predicted octanol–water partition coefficient (Wildman–Crippen LogP) is 3.87. The molecule has 2 aromatic heterocycles. The van der Waals surface area contributed by atoms with Crippen molar-refractivity contribution in [2.75, 3.05) is 17.3 Å². The van der Waals surface area contributed by atoms with E-state index in [1.54, 1.807) is 13.3 Å². The largest absolute Gasteiger partial charge is 0.495 e. The zero-order chi connectivity index (χ0) is 22.1. The number of nitrogens with zero attached hydrogens (tertiary/aromatic N) is 3. The zero-order valence-electron chi connectivity index (χ0n) is 17.9. The molecule has 0 radical (unpaired) electrons. The molecule has 1 aliphatic rings. The quantitative estimate of drug-likeness (QED) is 0.593. The highest BCUT2D eigenvalue weighted by Crippen LogP contribution is 2.43. The number of ether oxygens (including phenoxy) is 1. The van der Waals surface area contributed by atoms with Crippen molar-refractivity contribution in [3.8, 4) is 5.75 Å². The molecule has 1 aromatic carbocycles. The molecule has 2 N–H and O–H groups in total. The number of amides is 1. The van der Waals surface area contributed by atoms with Crippen molar-refractivity contribution in [1.29, 1.82) is 0 Å². The van der Waals surface area contributed by atoms with Crippen molar-refractivity contribution in [2.45, 2.75) is 25.9 Å². The van der Waals surface area contributed by atoms with Gasteiger partial charge in [-0.05, 0) is 61.6 Å². The third kappa shape index (κ3) is 3.86. The average Bonchev–Trinajstić information content (AvgIpc) is 3.27. The number of anilines is 2. The van der Waals surface area contributed by atoms with Gasteiger partial charge in [-0.1, -0.05) is 6.07 Å². The number of nitrogens with one attached hydrogen (secondary N) is 2. The van der Waals surface area contributed by atoms with Gasteiger partial charge in [-0.3, -0.25) is 9.78 Å². The van der Waals surface area contributed by atoms with Crippen molar-refractivity contribution in [3.63, 3.8) is 0 Å². The lowest BCUT2D eigenvalue weighted by molar-refractivity contribution is -0.114. The Hall–Kier alpha value is -3.39. The molecule has 1 saturated heterocycles. The van der Waals surface area contributed by atoms with Crippen molar-refractivity contribution in [3.05, 3.63) is 71.8 Å². The lowest BCUT2D eigenvalue weighted by atomic mass is 10.0. The van der Waals surface area contributed by atoms with Gasteiger partial charge in [0.15, 0.2) is 5.11 Å². The second kappa shape index (κ2) is 8.39. The van der Waals surface area contributed by atoms with E-state index in [4.69, 9.17) is 17.0 Å². The molecule has 3 heterocycles. The topological polar surface area (TPSA) is 71.4 Å². The summed E-state index contributed by atoms with van der Waals surface area (Å²) in [4.78, 5) is 18.4. The number of benzene rings is 1. The number of hydrogen-bond donors (Lipinski definition) is 2. The van der Waals surface area contributed by atoms with Crippen molar-refractivity contribution in [2.24, 2.45) is 7.05 Å². The minimum atomic E-state index is -0.168. The van der Waals surface area contributed by atoms with Crippen LogP contribution in [0, 0.1) is 6.92 Å². The highest BCUT2D eigenvalue weighted by Gasteiger charge is 2.42. The fourth-order valence-electron chi connectivity index (χ4n) is 4.00. The Bertz CT molecular complexity index is 1130. The van der Waals surface area contributed by atoms with Gasteiger partial charge < -0.3 is 24.8 Å². The number of hydrogen-bond acceptors (Lipinski definition) is 4. The second-order valence-corrected chi connectivity index (χ2v) is 7.91. The first kappa shape index (κ1) is 20.9. The van der Waals surface area contributed by atoms with E-state index < -0.39 is 0 Å². The molecule has 3 aromatic rings. The first-order chi connectivity index (χ1) is 14.9. The summed E-state index contributed by atoms with van der Waals surface area (Å²) in [5, 5.41) is 6.90. The Labute approximate surface area is 187 Å². The summed E-state index contributed by atoms with van der Waals surface area (Å²) in [6.45, 7) is 3.55. The summed E-state index contributed by atoms with van der Waals surface area (Å²) in [5.74, 6) is 0.420. The summed E-state index contributed by atoms with van der Waals surface area (Å²) >= 11 is 5.78. The van der Waals surface area contributed by atoms with Crippen molar-refractivity contribution >= 4 is 34.6 Å². The van der Waals surface area contributed by atoms with Crippen LogP contribution in [0.15, 0.2) is 54.7 Å². The molecule has 1 fully saturated rings. The van der Waals surface area contributed by atoms with Gasteiger partial charge in [0, 0.05) is 37.2 Å². The van der Waals surface area contributed by atoms with Gasteiger partial charge in [0.05, 0.1) is 24.5 Å². The number of rotatable bonds is 5. The molecule has 2 atom stereocenters. The molecule has 0 saturated carbocycles. The Balaban J connectivity index is 1.84. The number of methoxy groups -OCH3 is 1. The average molecular weight is 436 g/mol. The first-order valence-corrected chi connectivity index (χ1v) is 10.4. The number of carbonyl (C=O) groups excluding carboxylic acids is 1. The van der Waals surface area contributed by atoms with Crippen LogP contribution in [0.25, 0.3) is 0 Å². The highest BCUT2D eigenvalue weighted by molar-refractivity contribution is 7.80. The number of pyridine rings is 1. The summed E-state index contributed by atoms with van der Waals surface area (Å²) in [5.41, 5.74) is 4.62. The molecule has 1 amide bonds. The Kier molecular flexibility index (Phi) is 5.65. The summed E-state index contributed by atoms with van der Waals surface area (Å²) < 4.78 is 7.59. The van der Waals surface area contributed by atoms with E-state index in [1.807, 2.05) is 36.4 Å². The van der Waals surface area contributed by atoms with Gasteiger partial charge in [-0.15, -0.1) is 0 Å². The van der Waals surface area contributed by atoms with E-state index in [-0.39, 0.29) is 18.0 Å². The summed E-state index contributed by atoms with van der Waals surface area (Å²) in [6.07, 6.45) is 1.79. The van der Waals surface area contributed by atoms with Crippen LogP contribution in [0.3, 0.4) is 0 Å². The summed E-state index contributed by atoms with van der Waals surface area (Å²) in [6, 6.07) is 15.5. The third-order valence-electron chi connectivity index (χ3n) is 5.58. The Morgan fingerprint density at radius 3 is 2.65 bits per heavy atom. The van der Waals surface area contributed by atoms with Crippen LogP contribution >= 0.6 is 12.2 Å². The SMILES string of the molecule is COc1ccc(N2C(=S)N[C@H](c3ccccn3)[C@H]2c2ccc(C)n2C)cc1NC(C)=O. The molecule has 160 valence electrons. The molecular formula is C23H25N5O2S. The van der Waals surface area contributed by atoms with Crippen LogP contribution in [-0.4, -0.2) is 27.7 Å². The number of carbonyl (C=O) groups is 1. The van der Waals surface area contributed by atoms with Crippen LogP contribution in [0.4, 0.5) is 11.4 Å². The van der Waals surface area contributed by atoms with Crippen LogP contribution in [-0.2, 0) is 11.8 Å². The van der Waals surface area contributed by atoms with E-state index in [0.29, 0.717) is 16.5 Å². The third-order valence-corrected chi connectivity index (χ3v) is 5.90. The Morgan fingerprint density at radius 2 is 2.03 bits per heavy atom.